The van der Waals surface area contributed by atoms with Crippen molar-refractivity contribution >= 4 is 12.1 Å². The van der Waals surface area contributed by atoms with Crippen LogP contribution in [0.3, 0.4) is 0 Å². The van der Waals surface area contributed by atoms with Gasteiger partial charge in [0, 0.05) is 0 Å². The summed E-state index contributed by atoms with van der Waals surface area (Å²) < 4.78 is 4.92. The molecule has 6 heteroatoms. The monoisotopic (exact) mass is 289 g/mol. The number of carboxylic acid groups (broad SMARTS) is 1. The van der Waals surface area contributed by atoms with Crippen molar-refractivity contribution in [1.82, 2.24) is 5.32 Å². The van der Waals surface area contributed by atoms with Crippen LogP contribution in [0.5, 0.6) is 0 Å². The number of hydrogen-bond donors (Lipinski definition) is 1. The maximum absolute atomic E-state index is 11.4. The Morgan fingerprint density at radius 2 is 1.84 bits per heavy atom. The maximum atomic E-state index is 11.4. The molecule has 0 aliphatic carbocycles. The molecular formula is C13H16KNO4. The normalized spacial score (nSPS) is 11.3. The van der Waals surface area contributed by atoms with E-state index in [0.717, 1.165) is 5.56 Å². The molecule has 1 amide bonds. The van der Waals surface area contributed by atoms with Gasteiger partial charge in [-0.1, -0.05) is 44.2 Å². The fourth-order valence-corrected chi connectivity index (χ4v) is 1.39. The maximum Gasteiger partial charge on any atom is 1.00 e. The SMILES string of the molecule is CC(C)[C@@H](NC(=O)OCc1ccccc1)C(=O)[O-].[K+]. The molecule has 0 aromatic heterocycles. The molecule has 0 spiro atoms. The number of carbonyl (C=O) groups is 2. The summed E-state index contributed by atoms with van der Waals surface area (Å²) in [5.74, 6) is -1.58. The molecular weight excluding hydrogens is 273 g/mol. The second-order valence-electron chi connectivity index (χ2n) is 4.25. The first-order valence-corrected chi connectivity index (χ1v) is 5.68. The Balaban J connectivity index is 0.00000324. The van der Waals surface area contributed by atoms with Gasteiger partial charge in [-0.25, -0.2) is 4.79 Å². The fraction of sp³-hybridized carbons (Fsp3) is 0.385. The van der Waals surface area contributed by atoms with Crippen LogP contribution < -0.4 is 61.8 Å². The second-order valence-corrected chi connectivity index (χ2v) is 4.25. The average Bonchev–Trinajstić information content (AvgIpc) is 2.34. The van der Waals surface area contributed by atoms with Gasteiger partial charge in [0.15, 0.2) is 0 Å². The van der Waals surface area contributed by atoms with Gasteiger partial charge in [-0.2, -0.15) is 0 Å². The van der Waals surface area contributed by atoms with Gasteiger partial charge in [0.2, 0.25) is 0 Å². The molecule has 1 aromatic rings. The van der Waals surface area contributed by atoms with Crippen molar-refractivity contribution in [2.75, 3.05) is 0 Å². The van der Waals surface area contributed by atoms with Gasteiger partial charge in [0.1, 0.15) is 6.61 Å². The Labute approximate surface area is 155 Å². The Morgan fingerprint density at radius 3 is 2.32 bits per heavy atom. The summed E-state index contributed by atoms with van der Waals surface area (Å²) >= 11 is 0. The molecule has 0 saturated carbocycles. The van der Waals surface area contributed by atoms with E-state index in [2.05, 4.69) is 5.32 Å². The van der Waals surface area contributed by atoms with Crippen LogP contribution in [0, 0.1) is 5.92 Å². The molecule has 1 N–H and O–H groups in total. The van der Waals surface area contributed by atoms with Crippen LogP contribution in [0.2, 0.25) is 0 Å². The molecule has 0 fully saturated rings. The van der Waals surface area contributed by atoms with E-state index in [1.54, 1.807) is 13.8 Å². The minimum absolute atomic E-state index is 0. The minimum Gasteiger partial charge on any atom is -0.548 e. The quantitative estimate of drug-likeness (QED) is 0.618. The molecule has 5 nitrogen and oxygen atoms in total. The van der Waals surface area contributed by atoms with Gasteiger partial charge in [-0.15, -0.1) is 0 Å². The second kappa shape index (κ2) is 9.49. The smallest absolute Gasteiger partial charge is 0.548 e. The van der Waals surface area contributed by atoms with Crippen LogP contribution in [-0.4, -0.2) is 18.1 Å². The van der Waals surface area contributed by atoms with E-state index in [1.807, 2.05) is 30.3 Å². The number of ether oxygens (including phenoxy) is 1. The summed E-state index contributed by atoms with van der Waals surface area (Å²) in [7, 11) is 0. The summed E-state index contributed by atoms with van der Waals surface area (Å²) in [6, 6.07) is 8.09. The zero-order valence-electron chi connectivity index (χ0n) is 11.4. The topological polar surface area (TPSA) is 78.5 Å². The third kappa shape index (κ3) is 7.08. The first kappa shape index (κ1) is 18.6. The Hall–Kier alpha value is -0.404. The standard InChI is InChI=1S/C13H17NO4.K/c1-9(2)11(12(15)16)14-13(17)18-8-10-6-4-3-5-7-10;/h3-7,9,11H,8H2,1-2H3,(H,14,17)(H,15,16);/q;+1/p-1/t11-;/m1./s1. The van der Waals surface area contributed by atoms with E-state index in [4.69, 9.17) is 4.74 Å². The fourth-order valence-electron chi connectivity index (χ4n) is 1.39. The average molecular weight is 289 g/mol. The number of alkyl carbamates (subject to hydrolysis) is 1. The van der Waals surface area contributed by atoms with Crippen LogP contribution >= 0.6 is 0 Å². The van der Waals surface area contributed by atoms with Crippen LogP contribution in [0.4, 0.5) is 4.79 Å². The number of carbonyl (C=O) groups excluding carboxylic acids is 2. The number of hydrogen-bond acceptors (Lipinski definition) is 4. The van der Waals surface area contributed by atoms with Crippen LogP contribution in [-0.2, 0) is 16.1 Å². The molecule has 0 aliphatic rings. The summed E-state index contributed by atoms with van der Waals surface area (Å²) in [4.78, 5) is 22.2. The van der Waals surface area contributed by atoms with Crippen molar-refractivity contribution in [3.8, 4) is 0 Å². The predicted octanol–water partition coefficient (Wildman–Crippen LogP) is -2.31. The summed E-state index contributed by atoms with van der Waals surface area (Å²) in [5, 5.41) is 13.0. The van der Waals surface area contributed by atoms with Crippen molar-refractivity contribution < 1.29 is 70.8 Å². The molecule has 1 aromatic carbocycles. The van der Waals surface area contributed by atoms with Gasteiger partial charge in [-0.05, 0) is 11.5 Å². The number of amides is 1. The Bertz CT molecular complexity index is 408. The van der Waals surface area contributed by atoms with Gasteiger partial charge in [0.05, 0.1) is 12.0 Å². The van der Waals surface area contributed by atoms with Crippen molar-refractivity contribution in [2.45, 2.75) is 26.5 Å². The molecule has 0 bridgehead atoms. The van der Waals surface area contributed by atoms with Crippen molar-refractivity contribution in [3.63, 3.8) is 0 Å². The Morgan fingerprint density at radius 1 is 1.26 bits per heavy atom. The number of nitrogens with one attached hydrogen (secondary N) is 1. The van der Waals surface area contributed by atoms with E-state index in [-0.39, 0.29) is 63.9 Å². The van der Waals surface area contributed by atoms with Gasteiger partial charge in [-0.3, -0.25) is 0 Å². The molecule has 19 heavy (non-hydrogen) atoms. The summed E-state index contributed by atoms with van der Waals surface area (Å²) in [6.45, 7) is 3.46. The number of benzene rings is 1. The minimum atomic E-state index is -1.32. The molecule has 0 unspecified atom stereocenters. The van der Waals surface area contributed by atoms with Gasteiger partial charge >= 0.3 is 57.5 Å². The molecule has 1 rings (SSSR count). The Kier molecular flexibility index (Phi) is 9.29. The molecule has 98 valence electrons. The van der Waals surface area contributed by atoms with Gasteiger partial charge < -0.3 is 20.0 Å². The van der Waals surface area contributed by atoms with E-state index >= 15 is 0 Å². The van der Waals surface area contributed by atoms with Crippen molar-refractivity contribution in [3.05, 3.63) is 35.9 Å². The molecule has 0 radical (unpaired) electrons. The van der Waals surface area contributed by atoms with Crippen molar-refractivity contribution in [1.29, 1.82) is 0 Å². The third-order valence-electron chi connectivity index (χ3n) is 2.41. The number of carboxylic acids is 1. The van der Waals surface area contributed by atoms with Crippen LogP contribution in [0.15, 0.2) is 30.3 Å². The third-order valence-corrected chi connectivity index (χ3v) is 2.41. The van der Waals surface area contributed by atoms with E-state index < -0.39 is 18.1 Å². The zero-order chi connectivity index (χ0) is 13.5. The molecule has 0 aliphatic heterocycles. The van der Waals surface area contributed by atoms with E-state index in [9.17, 15) is 14.7 Å². The largest absolute Gasteiger partial charge is 1.00 e. The first-order valence-electron chi connectivity index (χ1n) is 5.68. The summed E-state index contributed by atoms with van der Waals surface area (Å²) in [6.07, 6.45) is -0.762. The number of rotatable bonds is 5. The van der Waals surface area contributed by atoms with Crippen LogP contribution in [0.25, 0.3) is 0 Å². The van der Waals surface area contributed by atoms with Crippen molar-refractivity contribution in [2.24, 2.45) is 5.92 Å². The molecule has 0 heterocycles. The van der Waals surface area contributed by atoms with E-state index in [1.165, 1.54) is 0 Å². The molecule has 1 atom stereocenters. The van der Waals surface area contributed by atoms with Gasteiger partial charge in [0.25, 0.3) is 0 Å². The van der Waals surface area contributed by atoms with E-state index in [0.29, 0.717) is 0 Å². The zero-order valence-corrected chi connectivity index (χ0v) is 14.5. The predicted molar refractivity (Wildman–Crippen MR) is 63.4 cm³/mol. The number of aliphatic carboxylic acids is 1. The van der Waals surface area contributed by atoms with Crippen LogP contribution in [0.1, 0.15) is 19.4 Å². The summed E-state index contributed by atoms with van der Waals surface area (Å²) in [5.41, 5.74) is 0.835. The first-order chi connectivity index (χ1) is 8.50. The molecule has 0 saturated heterocycles.